The van der Waals surface area contributed by atoms with E-state index in [1.807, 2.05) is 0 Å². The fourth-order valence-corrected chi connectivity index (χ4v) is 1.25. The van der Waals surface area contributed by atoms with Crippen molar-refractivity contribution < 1.29 is 25.2 Å². The molecule has 0 aliphatic rings. The maximum absolute atomic E-state index is 10.5. The van der Waals surface area contributed by atoms with Gasteiger partial charge in [0.25, 0.3) is 0 Å². The van der Waals surface area contributed by atoms with Crippen molar-refractivity contribution >= 4 is 5.97 Å². The molecular formula is C10H12O5. The third-order valence-electron chi connectivity index (χ3n) is 2.34. The Balaban J connectivity index is 3.38. The Labute approximate surface area is 86.2 Å². The topological polar surface area (TPSA) is 98.0 Å². The Morgan fingerprint density at radius 3 is 2.27 bits per heavy atom. The average molecular weight is 212 g/mol. The smallest absolute Gasteiger partial charge is 0.337 e. The van der Waals surface area contributed by atoms with Crippen LogP contribution in [0.4, 0.5) is 0 Å². The molecule has 1 aromatic carbocycles. The van der Waals surface area contributed by atoms with Crippen molar-refractivity contribution in [2.75, 3.05) is 0 Å². The van der Waals surface area contributed by atoms with Crippen LogP contribution < -0.4 is 0 Å². The SMILES string of the molecule is Cc1cc(C(O)C(=O)O)c(O)c(O)c1C. The number of carboxylic acids is 1. The summed E-state index contributed by atoms with van der Waals surface area (Å²) in [5, 5.41) is 36.7. The Bertz CT molecular complexity index is 411. The molecule has 0 saturated carbocycles. The van der Waals surface area contributed by atoms with E-state index in [0.29, 0.717) is 11.1 Å². The summed E-state index contributed by atoms with van der Waals surface area (Å²) in [6.07, 6.45) is -1.84. The van der Waals surface area contributed by atoms with Gasteiger partial charge >= 0.3 is 5.97 Å². The summed E-state index contributed by atoms with van der Waals surface area (Å²) in [5.74, 6) is -2.47. The van der Waals surface area contributed by atoms with Crippen LogP contribution in [0.25, 0.3) is 0 Å². The fourth-order valence-electron chi connectivity index (χ4n) is 1.25. The van der Waals surface area contributed by atoms with Crippen LogP contribution in [0, 0.1) is 13.8 Å². The predicted octanol–water partition coefficient (Wildman–Crippen LogP) is 0.833. The second kappa shape index (κ2) is 3.78. The minimum atomic E-state index is -1.84. The number of phenols is 2. The molecule has 0 aliphatic heterocycles. The summed E-state index contributed by atoms with van der Waals surface area (Å²) in [6, 6.07) is 1.34. The van der Waals surface area contributed by atoms with Crippen LogP contribution in [0.5, 0.6) is 11.5 Å². The van der Waals surface area contributed by atoms with E-state index >= 15 is 0 Å². The van der Waals surface area contributed by atoms with Gasteiger partial charge in [0.05, 0.1) is 0 Å². The van der Waals surface area contributed by atoms with E-state index in [-0.39, 0.29) is 5.56 Å². The number of rotatable bonds is 2. The van der Waals surface area contributed by atoms with Gasteiger partial charge in [-0.1, -0.05) is 0 Å². The molecule has 0 heterocycles. The van der Waals surface area contributed by atoms with E-state index in [1.54, 1.807) is 13.8 Å². The molecule has 82 valence electrons. The normalized spacial score (nSPS) is 12.5. The zero-order valence-electron chi connectivity index (χ0n) is 8.35. The van der Waals surface area contributed by atoms with Gasteiger partial charge in [-0.2, -0.15) is 0 Å². The molecule has 1 unspecified atom stereocenters. The molecular weight excluding hydrogens is 200 g/mol. The number of aliphatic hydroxyl groups is 1. The highest BCUT2D eigenvalue weighted by atomic mass is 16.4. The van der Waals surface area contributed by atoms with Crippen LogP contribution in [0.3, 0.4) is 0 Å². The standard InChI is InChI=1S/C10H12O5/c1-4-3-6(9(13)10(14)15)8(12)7(11)5(4)2/h3,9,11-13H,1-2H3,(H,14,15). The molecule has 0 bridgehead atoms. The number of carboxylic acid groups (broad SMARTS) is 1. The average Bonchev–Trinajstić information content (AvgIpc) is 2.19. The van der Waals surface area contributed by atoms with Crippen molar-refractivity contribution in [3.63, 3.8) is 0 Å². The maximum Gasteiger partial charge on any atom is 0.337 e. The van der Waals surface area contributed by atoms with E-state index in [9.17, 15) is 20.1 Å². The highest BCUT2D eigenvalue weighted by Crippen LogP contribution is 2.37. The number of hydrogen-bond donors (Lipinski definition) is 4. The first-order valence-electron chi connectivity index (χ1n) is 4.29. The molecule has 5 nitrogen and oxygen atoms in total. The zero-order chi connectivity index (χ0) is 11.7. The van der Waals surface area contributed by atoms with Crippen LogP contribution in [-0.4, -0.2) is 26.4 Å². The molecule has 1 atom stereocenters. The van der Waals surface area contributed by atoms with Gasteiger partial charge in [-0.05, 0) is 31.0 Å². The molecule has 15 heavy (non-hydrogen) atoms. The van der Waals surface area contributed by atoms with E-state index in [1.165, 1.54) is 6.07 Å². The van der Waals surface area contributed by atoms with Gasteiger partial charge in [0.2, 0.25) is 0 Å². The summed E-state index contributed by atoms with van der Waals surface area (Å²) >= 11 is 0. The molecule has 0 aromatic heterocycles. The van der Waals surface area contributed by atoms with E-state index in [0.717, 1.165) is 0 Å². The van der Waals surface area contributed by atoms with Gasteiger partial charge in [0, 0.05) is 5.56 Å². The third kappa shape index (κ3) is 1.87. The van der Waals surface area contributed by atoms with E-state index < -0.39 is 23.6 Å². The van der Waals surface area contributed by atoms with Gasteiger partial charge in [0.1, 0.15) is 0 Å². The van der Waals surface area contributed by atoms with E-state index in [2.05, 4.69) is 0 Å². The van der Waals surface area contributed by atoms with Crippen molar-refractivity contribution in [2.45, 2.75) is 20.0 Å². The van der Waals surface area contributed by atoms with Gasteiger partial charge in [0.15, 0.2) is 17.6 Å². The maximum atomic E-state index is 10.5. The summed E-state index contributed by atoms with van der Waals surface area (Å²) in [7, 11) is 0. The minimum Gasteiger partial charge on any atom is -0.504 e. The number of carbonyl (C=O) groups is 1. The van der Waals surface area contributed by atoms with E-state index in [4.69, 9.17) is 5.11 Å². The van der Waals surface area contributed by atoms with Crippen LogP contribution in [0.1, 0.15) is 22.8 Å². The molecule has 5 heteroatoms. The second-order valence-electron chi connectivity index (χ2n) is 3.35. The Hall–Kier alpha value is -1.75. The predicted molar refractivity (Wildman–Crippen MR) is 51.8 cm³/mol. The lowest BCUT2D eigenvalue weighted by atomic mass is 10.00. The minimum absolute atomic E-state index is 0.205. The lowest BCUT2D eigenvalue weighted by Crippen LogP contribution is -2.11. The van der Waals surface area contributed by atoms with Crippen LogP contribution >= 0.6 is 0 Å². The summed E-state index contributed by atoms with van der Waals surface area (Å²) < 4.78 is 0. The zero-order valence-corrected chi connectivity index (χ0v) is 8.35. The number of hydrogen-bond acceptors (Lipinski definition) is 4. The third-order valence-corrected chi connectivity index (χ3v) is 2.34. The van der Waals surface area contributed by atoms with Gasteiger partial charge in [-0.25, -0.2) is 4.79 Å². The van der Waals surface area contributed by atoms with Crippen molar-refractivity contribution in [2.24, 2.45) is 0 Å². The number of phenolic OH excluding ortho intramolecular Hbond substituents is 2. The van der Waals surface area contributed by atoms with Crippen LogP contribution in [-0.2, 0) is 4.79 Å². The van der Waals surface area contributed by atoms with Crippen molar-refractivity contribution in [1.82, 2.24) is 0 Å². The number of aliphatic hydroxyl groups excluding tert-OH is 1. The van der Waals surface area contributed by atoms with Gasteiger partial charge in [-0.15, -0.1) is 0 Å². The second-order valence-corrected chi connectivity index (χ2v) is 3.35. The lowest BCUT2D eigenvalue weighted by molar-refractivity contribution is -0.147. The van der Waals surface area contributed by atoms with Crippen molar-refractivity contribution in [3.05, 3.63) is 22.8 Å². The van der Waals surface area contributed by atoms with Crippen molar-refractivity contribution in [1.29, 1.82) is 0 Å². The summed E-state index contributed by atoms with van der Waals surface area (Å²) in [4.78, 5) is 10.5. The first kappa shape index (κ1) is 11.3. The monoisotopic (exact) mass is 212 g/mol. The molecule has 1 aromatic rings. The quantitative estimate of drug-likeness (QED) is 0.544. The Morgan fingerprint density at radius 2 is 1.80 bits per heavy atom. The Kier molecular flexibility index (Phi) is 2.85. The first-order valence-corrected chi connectivity index (χ1v) is 4.29. The summed E-state index contributed by atoms with van der Waals surface area (Å²) in [6.45, 7) is 3.23. The lowest BCUT2D eigenvalue weighted by Gasteiger charge is -2.13. The molecule has 1 rings (SSSR count). The molecule has 4 N–H and O–H groups in total. The number of aromatic hydroxyl groups is 2. The van der Waals surface area contributed by atoms with Gasteiger partial charge < -0.3 is 20.4 Å². The highest BCUT2D eigenvalue weighted by Gasteiger charge is 2.23. The molecule has 0 amide bonds. The molecule has 0 fully saturated rings. The molecule has 0 aliphatic carbocycles. The van der Waals surface area contributed by atoms with Crippen LogP contribution in [0.15, 0.2) is 6.07 Å². The first-order chi connectivity index (χ1) is 6.86. The molecule has 0 radical (unpaired) electrons. The highest BCUT2D eigenvalue weighted by molar-refractivity contribution is 5.76. The van der Waals surface area contributed by atoms with Crippen molar-refractivity contribution in [3.8, 4) is 11.5 Å². The Morgan fingerprint density at radius 1 is 1.27 bits per heavy atom. The number of aliphatic carboxylic acids is 1. The van der Waals surface area contributed by atoms with Gasteiger partial charge in [-0.3, -0.25) is 0 Å². The largest absolute Gasteiger partial charge is 0.504 e. The number of aryl methyl sites for hydroxylation is 1. The number of benzene rings is 1. The fraction of sp³-hybridized carbons (Fsp3) is 0.300. The molecule has 0 spiro atoms. The molecule has 0 saturated heterocycles. The summed E-state index contributed by atoms with van der Waals surface area (Å²) in [5.41, 5.74) is 0.845. The van der Waals surface area contributed by atoms with Crippen LogP contribution in [0.2, 0.25) is 0 Å².